The minimum atomic E-state index is 0.0241. The molecule has 0 aliphatic rings. The monoisotopic (exact) mass is 365 g/mol. The molecule has 21 heavy (non-hydrogen) atoms. The van der Waals surface area contributed by atoms with E-state index < -0.39 is 0 Å². The number of amidine groups is 1. The lowest BCUT2D eigenvalue weighted by atomic mass is 10.0. The number of aryl methyl sites for hydroxylation is 1. The standard InChI is InChI=1S/C14H16BrN5S/c1-3-9-10(4-2)19-20-14(12(9)13(16)17)21-11-6-5-8(15)7-18-11/h5-7H,3-4H2,1-2H3,(H3,16,17). The Balaban J connectivity index is 2.48. The molecule has 0 aromatic carbocycles. The van der Waals surface area contributed by atoms with E-state index in [9.17, 15) is 0 Å². The molecule has 3 N–H and O–H groups in total. The lowest BCUT2D eigenvalue weighted by Crippen LogP contribution is -2.18. The van der Waals surface area contributed by atoms with E-state index in [1.807, 2.05) is 26.0 Å². The summed E-state index contributed by atoms with van der Waals surface area (Å²) in [5, 5.41) is 17.8. The number of nitrogen functional groups attached to an aromatic ring is 1. The van der Waals surface area contributed by atoms with E-state index >= 15 is 0 Å². The molecule has 0 bridgehead atoms. The van der Waals surface area contributed by atoms with Crippen molar-refractivity contribution in [1.29, 1.82) is 5.41 Å². The Kier molecular flexibility index (Phi) is 5.30. The first-order valence-electron chi connectivity index (χ1n) is 6.59. The van der Waals surface area contributed by atoms with Crippen molar-refractivity contribution < 1.29 is 0 Å². The van der Waals surface area contributed by atoms with Crippen molar-refractivity contribution in [1.82, 2.24) is 15.2 Å². The van der Waals surface area contributed by atoms with Gasteiger partial charge < -0.3 is 5.73 Å². The number of nitrogens with two attached hydrogens (primary N) is 1. The van der Waals surface area contributed by atoms with Gasteiger partial charge in [0.1, 0.15) is 15.9 Å². The van der Waals surface area contributed by atoms with Crippen molar-refractivity contribution in [3.8, 4) is 0 Å². The molecule has 0 saturated carbocycles. The second-order valence-corrected chi connectivity index (χ2v) is 6.27. The van der Waals surface area contributed by atoms with Crippen LogP contribution in [0.5, 0.6) is 0 Å². The Morgan fingerprint density at radius 3 is 2.57 bits per heavy atom. The van der Waals surface area contributed by atoms with E-state index in [4.69, 9.17) is 11.1 Å². The molecule has 0 spiro atoms. The minimum absolute atomic E-state index is 0.0241. The maximum Gasteiger partial charge on any atom is 0.136 e. The van der Waals surface area contributed by atoms with Gasteiger partial charge in [0.05, 0.1) is 11.3 Å². The maximum atomic E-state index is 7.86. The summed E-state index contributed by atoms with van der Waals surface area (Å²) in [4.78, 5) is 4.31. The molecule has 0 aliphatic carbocycles. The Morgan fingerprint density at radius 2 is 2.05 bits per heavy atom. The van der Waals surface area contributed by atoms with Crippen molar-refractivity contribution in [3.63, 3.8) is 0 Å². The number of pyridine rings is 1. The zero-order chi connectivity index (χ0) is 15.4. The average Bonchev–Trinajstić information content (AvgIpc) is 2.48. The Hall–Kier alpha value is -1.47. The molecule has 0 unspecified atom stereocenters. The smallest absolute Gasteiger partial charge is 0.136 e. The molecule has 110 valence electrons. The van der Waals surface area contributed by atoms with Crippen LogP contribution < -0.4 is 5.73 Å². The van der Waals surface area contributed by atoms with Crippen LogP contribution in [0.1, 0.15) is 30.7 Å². The fraction of sp³-hybridized carbons (Fsp3) is 0.286. The fourth-order valence-corrected chi connectivity index (χ4v) is 3.12. The number of nitrogens with one attached hydrogen (secondary N) is 1. The first-order valence-corrected chi connectivity index (χ1v) is 8.20. The van der Waals surface area contributed by atoms with Crippen LogP contribution in [0.4, 0.5) is 0 Å². The first kappa shape index (κ1) is 15.9. The van der Waals surface area contributed by atoms with E-state index in [2.05, 4.69) is 31.1 Å². The van der Waals surface area contributed by atoms with Gasteiger partial charge in [0.15, 0.2) is 0 Å². The minimum Gasteiger partial charge on any atom is -0.384 e. The van der Waals surface area contributed by atoms with Crippen LogP contribution in [0, 0.1) is 5.41 Å². The van der Waals surface area contributed by atoms with Gasteiger partial charge >= 0.3 is 0 Å². The normalized spacial score (nSPS) is 10.6. The summed E-state index contributed by atoms with van der Waals surface area (Å²) in [6, 6.07) is 3.80. The van der Waals surface area contributed by atoms with Crippen molar-refractivity contribution in [2.24, 2.45) is 5.73 Å². The molecule has 0 fully saturated rings. The van der Waals surface area contributed by atoms with E-state index in [0.29, 0.717) is 10.6 Å². The quantitative estimate of drug-likeness (QED) is 0.627. The van der Waals surface area contributed by atoms with Crippen molar-refractivity contribution >= 4 is 33.5 Å². The number of hydrogen-bond acceptors (Lipinski definition) is 5. The first-order chi connectivity index (χ1) is 10.1. The van der Waals surface area contributed by atoms with Crippen LogP contribution in [0.2, 0.25) is 0 Å². The third kappa shape index (κ3) is 3.59. The Labute approximate surface area is 136 Å². The summed E-state index contributed by atoms with van der Waals surface area (Å²) in [7, 11) is 0. The van der Waals surface area contributed by atoms with Gasteiger partial charge in [-0.25, -0.2) is 4.98 Å². The van der Waals surface area contributed by atoms with Crippen LogP contribution in [0.25, 0.3) is 0 Å². The number of aromatic nitrogens is 3. The molecular formula is C14H16BrN5S. The maximum absolute atomic E-state index is 7.86. The van der Waals surface area contributed by atoms with Crippen LogP contribution in [-0.4, -0.2) is 21.0 Å². The summed E-state index contributed by atoms with van der Waals surface area (Å²) in [5.41, 5.74) is 8.34. The molecule has 0 radical (unpaired) electrons. The van der Waals surface area contributed by atoms with Crippen molar-refractivity contribution in [3.05, 3.63) is 39.6 Å². The van der Waals surface area contributed by atoms with Crippen molar-refractivity contribution in [2.45, 2.75) is 36.7 Å². The highest BCUT2D eigenvalue weighted by atomic mass is 79.9. The van der Waals surface area contributed by atoms with Crippen LogP contribution in [0.15, 0.2) is 32.9 Å². The highest BCUT2D eigenvalue weighted by Crippen LogP contribution is 2.30. The van der Waals surface area contributed by atoms with Gasteiger partial charge in [-0.05, 0) is 58.2 Å². The van der Waals surface area contributed by atoms with Gasteiger partial charge in [-0.2, -0.15) is 5.10 Å². The second kappa shape index (κ2) is 7.00. The van der Waals surface area contributed by atoms with Gasteiger partial charge in [-0.1, -0.05) is 13.8 Å². The number of hydrogen-bond donors (Lipinski definition) is 2. The number of rotatable bonds is 5. The molecule has 2 rings (SSSR count). The molecule has 2 aromatic heterocycles. The molecule has 2 aromatic rings. The SMILES string of the molecule is CCc1nnc(Sc2ccc(Br)cn2)c(C(=N)N)c1CC. The Bertz CT molecular complexity index is 657. The largest absolute Gasteiger partial charge is 0.384 e. The van der Waals surface area contributed by atoms with Crippen LogP contribution in [-0.2, 0) is 12.8 Å². The lowest BCUT2D eigenvalue weighted by molar-refractivity contribution is 0.818. The van der Waals surface area contributed by atoms with Crippen molar-refractivity contribution in [2.75, 3.05) is 0 Å². The summed E-state index contributed by atoms with van der Waals surface area (Å²) < 4.78 is 0.917. The average molecular weight is 366 g/mol. The summed E-state index contributed by atoms with van der Waals surface area (Å²) in [5.74, 6) is 0.0241. The molecule has 0 amide bonds. The number of halogens is 1. The Morgan fingerprint density at radius 1 is 1.29 bits per heavy atom. The van der Waals surface area contributed by atoms with Gasteiger partial charge in [-0.15, -0.1) is 5.10 Å². The zero-order valence-electron chi connectivity index (χ0n) is 11.9. The zero-order valence-corrected chi connectivity index (χ0v) is 14.3. The van der Waals surface area contributed by atoms with Crippen LogP contribution in [0.3, 0.4) is 0 Å². The molecule has 7 heteroatoms. The van der Waals surface area contributed by atoms with E-state index in [-0.39, 0.29) is 5.84 Å². The topological polar surface area (TPSA) is 88.5 Å². The molecular weight excluding hydrogens is 350 g/mol. The summed E-state index contributed by atoms with van der Waals surface area (Å²) in [6.45, 7) is 4.06. The van der Waals surface area contributed by atoms with Crippen LogP contribution >= 0.6 is 27.7 Å². The fourth-order valence-electron chi connectivity index (χ4n) is 2.03. The number of nitrogens with zero attached hydrogens (tertiary/aromatic N) is 3. The highest BCUT2D eigenvalue weighted by molar-refractivity contribution is 9.10. The second-order valence-electron chi connectivity index (χ2n) is 4.34. The molecule has 0 saturated heterocycles. The molecule has 5 nitrogen and oxygen atoms in total. The van der Waals surface area contributed by atoms with E-state index in [1.165, 1.54) is 11.8 Å². The third-order valence-corrected chi connectivity index (χ3v) is 4.38. The van der Waals surface area contributed by atoms with Gasteiger partial charge in [-0.3, -0.25) is 5.41 Å². The molecule has 0 aliphatic heterocycles. The summed E-state index contributed by atoms with van der Waals surface area (Å²) in [6.07, 6.45) is 3.28. The predicted molar refractivity (Wildman–Crippen MR) is 87.9 cm³/mol. The van der Waals surface area contributed by atoms with E-state index in [0.717, 1.165) is 33.6 Å². The van der Waals surface area contributed by atoms with Gasteiger partial charge in [0, 0.05) is 10.7 Å². The van der Waals surface area contributed by atoms with Gasteiger partial charge in [0.25, 0.3) is 0 Å². The lowest BCUT2D eigenvalue weighted by Gasteiger charge is -2.13. The summed E-state index contributed by atoms with van der Waals surface area (Å²) >= 11 is 4.73. The van der Waals surface area contributed by atoms with Gasteiger partial charge in [0.2, 0.25) is 0 Å². The third-order valence-electron chi connectivity index (χ3n) is 2.98. The van der Waals surface area contributed by atoms with E-state index in [1.54, 1.807) is 6.20 Å². The molecule has 0 atom stereocenters. The molecule has 2 heterocycles. The highest BCUT2D eigenvalue weighted by Gasteiger charge is 2.18. The predicted octanol–water partition coefficient (Wildman–Crippen LogP) is 3.19.